The lowest BCUT2D eigenvalue weighted by Gasteiger charge is -2.06. The van der Waals surface area contributed by atoms with E-state index in [0.717, 1.165) is 21.8 Å². The van der Waals surface area contributed by atoms with Crippen molar-refractivity contribution in [3.05, 3.63) is 28.2 Å². The molecule has 0 aliphatic heterocycles. The first kappa shape index (κ1) is 12.9. The van der Waals surface area contributed by atoms with Crippen molar-refractivity contribution < 1.29 is 0 Å². The average molecular weight is 288 g/mol. The minimum absolute atomic E-state index is 0.796. The number of halogens is 1. The second kappa shape index (κ2) is 6.44. The Morgan fingerprint density at radius 3 is 2.67 bits per heavy atom. The minimum atomic E-state index is 0.796. The van der Waals surface area contributed by atoms with Gasteiger partial charge in [-0.15, -0.1) is 0 Å². The van der Waals surface area contributed by atoms with Crippen LogP contribution < -0.4 is 5.73 Å². The highest BCUT2D eigenvalue weighted by Crippen LogP contribution is 2.21. The number of rotatable bonds is 5. The first-order valence-corrected chi connectivity index (χ1v) is 7.15. The third kappa shape index (κ3) is 5.47. The Bertz CT molecular complexity index is 292. The van der Waals surface area contributed by atoms with Gasteiger partial charge in [-0.1, -0.05) is 29.8 Å². The molecule has 0 aromatic heterocycles. The molecule has 1 nitrogen and oxygen atoms in total. The van der Waals surface area contributed by atoms with Gasteiger partial charge in [0.05, 0.1) is 0 Å². The van der Waals surface area contributed by atoms with E-state index in [0.29, 0.717) is 0 Å². The quantitative estimate of drug-likeness (QED) is 0.645. The molecule has 0 aliphatic rings. The topological polar surface area (TPSA) is 26.0 Å². The molecular weight excluding hydrogens is 270 g/mol. The second-order valence-corrected chi connectivity index (χ2v) is 6.15. The van der Waals surface area contributed by atoms with Gasteiger partial charge in [-0.2, -0.15) is 11.8 Å². The van der Waals surface area contributed by atoms with Crippen LogP contribution >= 0.6 is 27.7 Å². The summed E-state index contributed by atoms with van der Waals surface area (Å²) in [6.45, 7) is 4.52. The molecule has 1 rings (SSSR count). The van der Waals surface area contributed by atoms with Crippen LogP contribution in [0, 0.1) is 5.92 Å². The summed E-state index contributed by atoms with van der Waals surface area (Å²) in [5, 5.41) is 0. The maximum atomic E-state index is 5.77. The van der Waals surface area contributed by atoms with Crippen molar-refractivity contribution in [2.75, 3.05) is 11.5 Å². The second-order valence-electron chi connectivity index (χ2n) is 4.13. The Hall–Kier alpha value is -0.150. The first-order chi connectivity index (χ1) is 7.08. The third-order valence-electron chi connectivity index (χ3n) is 2.09. The highest BCUT2D eigenvalue weighted by Gasteiger charge is 1.99. The third-order valence-corrected chi connectivity index (χ3v) is 3.61. The van der Waals surface area contributed by atoms with Crippen LogP contribution in [-0.4, -0.2) is 5.75 Å². The van der Waals surface area contributed by atoms with Crippen LogP contribution in [0.25, 0.3) is 0 Å². The highest BCUT2D eigenvalue weighted by atomic mass is 79.9. The standard InChI is InChI=1S/C12H18BrNS/c1-9(2)3-4-15-8-10-5-11(13)7-12(14)6-10/h5-7,9H,3-4,8,14H2,1-2H3. The Morgan fingerprint density at radius 2 is 2.07 bits per heavy atom. The fraction of sp³-hybridized carbons (Fsp3) is 0.500. The maximum Gasteiger partial charge on any atom is 0.0328 e. The van der Waals surface area contributed by atoms with Gasteiger partial charge in [0.25, 0.3) is 0 Å². The Morgan fingerprint density at radius 1 is 1.33 bits per heavy atom. The number of anilines is 1. The molecule has 0 fully saturated rings. The largest absolute Gasteiger partial charge is 0.399 e. The minimum Gasteiger partial charge on any atom is -0.399 e. The molecule has 1 aromatic rings. The van der Waals surface area contributed by atoms with Gasteiger partial charge in [0.2, 0.25) is 0 Å². The molecule has 0 amide bonds. The number of benzene rings is 1. The van der Waals surface area contributed by atoms with Crippen LogP contribution in [0.15, 0.2) is 22.7 Å². The van der Waals surface area contributed by atoms with Gasteiger partial charge in [0.1, 0.15) is 0 Å². The van der Waals surface area contributed by atoms with E-state index >= 15 is 0 Å². The van der Waals surface area contributed by atoms with Gasteiger partial charge >= 0.3 is 0 Å². The molecule has 0 spiro atoms. The van der Waals surface area contributed by atoms with Crippen molar-refractivity contribution >= 4 is 33.4 Å². The van der Waals surface area contributed by atoms with Crippen molar-refractivity contribution in [3.8, 4) is 0 Å². The number of nitrogen functional groups attached to an aromatic ring is 1. The Balaban J connectivity index is 2.37. The smallest absolute Gasteiger partial charge is 0.0328 e. The number of nitrogens with two attached hydrogens (primary N) is 1. The Labute approximate surface area is 105 Å². The van der Waals surface area contributed by atoms with Gasteiger partial charge in [0.15, 0.2) is 0 Å². The van der Waals surface area contributed by atoms with E-state index < -0.39 is 0 Å². The van der Waals surface area contributed by atoms with Crippen LogP contribution in [0.4, 0.5) is 5.69 Å². The molecule has 0 aliphatic carbocycles. The SMILES string of the molecule is CC(C)CCSCc1cc(N)cc(Br)c1. The van der Waals surface area contributed by atoms with Crippen molar-refractivity contribution in [1.29, 1.82) is 0 Å². The lowest BCUT2D eigenvalue weighted by molar-refractivity contribution is 0.632. The fourth-order valence-corrected chi connectivity index (χ4v) is 3.01. The van der Waals surface area contributed by atoms with Crippen molar-refractivity contribution in [3.63, 3.8) is 0 Å². The van der Waals surface area contributed by atoms with Crippen LogP contribution in [0.3, 0.4) is 0 Å². The summed E-state index contributed by atoms with van der Waals surface area (Å²) in [6, 6.07) is 6.12. The van der Waals surface area contributed by atoms with Crippen molar-refractivity contribution in [2.45, 2.75) is 26.0 Å². The summed E-state index contributed by atoms with van der Waals surface area (Å²) in [6.07, 6.45) is 1.29. The summed E-state index contributed by atoms with van der Waals surface area (Å²) < 4.78 is 1.07. The first-order valence-electron chi connectivity index (χ1n) is 5.20. The molecule has 3 heteroatoms. The summed E-state index contributed by atoms with van der Waals surface area (Å²) in [4.78, 5) is 0. The van der Waals surface area contributed by atoms with E-state index in [1.807, 2.05) is 23.9 Å². The average Bonchev–Trinajstić information content (AvgIpc) is 2.10. The van der Waals surface area contributed by atoms with Crippen LogP contribution in [-0.2, 0) is 5.75 Å². The molecule has 0 bridgehead atoms. The van der Waals surface area contributed by atoms with Crippen molar-refractivity contribution in [2.24, 2.45) is 5.92 Å². The molecule has 15 heavy (non-hydrogen) atoms. The molecule has 84 valence electrons. The monoisotopic (exact) mass is 287 g/mol. The molecule has 0 saturated carbocycles. The van der Waals surface area contributed by atoms with Gasteiger partial charge in [-0.3, -0.25) is 0 Å². The zero-order valence-electron chi connectivity index (χ0n) is 9.29. The van der Waals surface area contributed by atoms with Crippen LogP contribution in [0.2, 0.25) is 0 Å². The zero-order chi connectivity index (χ0) is 11.3. The normalized spacial score (nSPS) is 10.9. The molecular formula is C12H18BrNS. The van der Waals surface area contributed by atoms with E-state index in [4.69, 9.17) is 5.73 Å². The molecule has 0 radical (unpaired) electrons. The van der Waals surface area contributed by atoms with E-state index in [2.05, 4.69) is 35.8 Å². The predicted molar refractivity (Wildman–Crippen MR) is 74.2 cm³/mol. The molecule has 0 atom stereocenters. The zero-order valence-corrected chi connectivity index (χ0v) is 11.7. The number of hydrogen-bond donors (Lipinski definition) is 1. The Kier molecular flexibility index (Phi) is 5.54. The lowest BCUT2D eigenvalue weighted by atomic mass is 10.2. The fourth-order valence-electron chi connectivity index (χ4n) is 1.27. The van der Waals surface area contributed by atoms with E-state index in [-0.39, 0.29) is 0 Å². The number of thioether (sulfide) groups is 1. The predicted octanol–water partition coefficient (Wildman–Crippen LogP) is 4.31. The molecule has 0 saturated heterocycles. The summed E-state index contributed by atoms with van der Waals surface area (Å²) in [5.74, 6) is 3.07. The molecule has 0 heterocycles. The summed E-state index contributed by atoms with van der Waals surface area (Å²) >= 11 is 5.43. The van der Waals surface area contributed by atoms with Gasteiger partial charge < -0.3 is 5.73 Å². The van der Waals surface area contributed by atoms with Crippen LogP contribution in [0.1, 0.15) is 25.8 Å². The van der Waals surface area contributed by atoms with E-state index in [9.17, 15) is 0 Å². The molecule has 0 unspecified atom stereocenters. The summed E-state index contributed by atoms with van der Waals surface area (Å²) in [7, 11) is 0. The maximum absolute atomic E-state index is 5.77. The van der Waals surface area contributed by atoms with Gasteiger partial charge in [-0.25, -0.2) is 0 Å². The van der Waals surface area contributed by atoms with Gasteiger partial charge in [-0.05, 0) is 41.9 Å². The van der Waals surface area contributed by atoms with E-state index in [1.54, 1.807) is 0 Å². The lowest BCUT2D eigenvalue weighted by Crippen LogP contribution is -1.92. The van der Waals surface area contributed by atoms with Gasteiger partial charge in [0, 0.05) is 15.9 Å². The molecule has 2 N–H and O–H groups in total. The van der Waals surface area contributed by atoms with E-state index in [1.165, 1.54) is 17.7 Å². The highest BCUT2D eigenvalue weighted by molar-refractivity contribution is 9.10. The number of hydrogen-bond acceptors (Lipinski definition) is 2. The van der Waals surface area contributed by atoms with Crippen molar-refractivity contribution in [1.82, 2.24) is 0 Å². The van der Waals surface area contributed by atoms with Crippen LogP contribution in [0.5, 0.6) is 0 Å². The molecule has 1 aromatic carbocycles. The summed E-state index contributed by atoms with van der Waals surface area (Å²) in [5.41, 5.74) is 7.91.